The molecule has 1 aliphatic heterocycles. The maximum atomic E-state index is 12.1. The van der Waals surface area contributed by atoms with Gasteiger partial charge in [-0.05, 0) is 30.9 Å². The van der Waals surface area contributed by atoms with Gasteiger partial charge in [-0.1, -0.05) is 30.9 Å². The molecular formula is C18H28ClN3OS. The largest absolute Gasteiger partial charge is 0.355 e. The van der Waals surface area contributed by atoms with Crippen LogP contribution in [0.5, 0.6) is 0 Å². The number of thiophene rings is 1. The molecule has 3 rings (SSSR count). The van der Waals surface area contributed by atoms with Crippen LogP contribution >= 0.6 is 22.9 Å². The summed E-state index contributed by atoms with van der Waals surface area (Å²) in [6.45, 7) is 6.37. The lowest BCUT2D eigenvalue weighted by Crippen LogP contribution is -2.49. The van der Waals surface area contributed by atoms with E-state index in [1.807, 2.05) is 6.07 Å². The molecule has 0 unspecified atom stereocenters. The van der Waals surface area contributed by atoms with Crippen molar-refractivity contribution < 1.29 is 4.79 Å². The molecule has 1 saturated heterocycles. The summed E-state index contributed by atoms with van der Waals surface area (Å²) >= 11 is 7.65. The minimum absolute atomic E-state index is 0.194. The quantitative estimate of drug-likeness (QED) is 0.836. The normalized spacial score (nSPS) is 21.0. The average Bonchev–Trinajstić information content (AvgIpc) is 3.01. The van der Waals surface area contributed by atoms with Gasteiger partial charge in [-0.15, -0.1) is 11.3 Å². The van der Waals surface area contributed by atoms with Crippen LogP contribution in [0.4, 0.5) is 0 Å². The molecule has 0 bridgehead atoms. The van der Waals surface area contributed by atoms with E-state index in [1.165, 1.54) is 37.0 Å². The van der Waals surface area contributed by atoms with Crippen LogP contribution in [-0.4, -0.2) is 55.0 Å². The maximum absolute atomic E-state index is 12.1. The first-order chi connectivity index (χ1) is 11.7. The third-order valence-corrected chi connectivity index (χ3v) is 6.37. The van der Waals surface area contributed by atoms with E-state index in [0.717, 1.165) is 43.6 Å². The van der Waals surface area contributed by atoms with E-state index >= 15 is 0 Å². The summed E-state index contributed by atoms with van der Waals surface area (Å²) in [6.07, 6.45) is 6.60. The Balaban J connectivity index is 1.32. The van der Waals surface area contributed by atoms with Crippen LogP contribution in [0.2, 0.25) is 4.34 Å². The number of nitrogens with zero attached hydrogens (tertiary/aromatic N) is 2. The lowest BCUT2D eigenvalue weighted by atomic mass is 9.89. The molecule has 0 spiro atoms. The van der Waals surface area contributed by atoms with Crippen molar-refractivity contribution in [1.29, 1.82) is 0 Å². The van der Waals surface area contributed by atoms with Gasteiger partial charge in [-0.2, -0.15) is 0 Å². The Kier molecular flexibility index (Phi) is 6.95. The molecule has 2 fully saturated rings. The molecule has 1 amide bonds. The molecule has 4 nitrogen and oxygen atoms in total. The number of nitrogens with one attached hydrogen (secondary N) is 1. The average molecular weight is 370 g/mol. The van der Waals surface area contributed by atoms with E-state index in [-0.39, 0.29) is 5.91 Å². The fourth-order valence-electron chi connectivity index (χ4n) is 3.67. The fraction of sp³-hybridized carbons (Fsp3) is 0.722. The molecule has 1 aliphatic carbocycles. The topological polar surface area (TPSA) is 35.6 Å². The van der Waals surface area contributed by atoms with Gasteiger partial charge in [0.2, 0.25) is 5.91 Å². The van der Waals surface area contributed by atoms with Crippen LogP contribution in [-0.2, 0) is 11.3 Å². The summed E-state index contributed by atoms with van der Waals surface area (Å²) in [5.41, 5.74) is 0. The summed E-state index contributed by atoms with van der Waals surface area (Å²) in [7, 11) is 0. The van der Waals surface area contributed by atoms with Gasteiger partial charge >= 0.3 is 0 Å². The zero-order valence-corrected chi connectivity index (χ0v) is 15.9. The number of rotatable bonds is 6. The molecule has 2 heterocycles. The van der Waals surface area contributed by atoms with Crippen LogP contribution < -0.4 is 5.32 Å². The fourth-order valence-corrected chi connectivity index (χ4v) is 4.80. The third-order valence-electron chi connectivity index (χ3n) is 5.15. The lowest BCUT2D eigenvalue weighted by molar-refractivity contribution is -0.122. The highest BCUT2D eigenvalue weighted by Crippen LogP contribution is 2.23. The Morgan fingerprint density at radius 1 is 1.12 bits per heavy atom. The highest BCUT2D eigenvalue weighted by atomic mass is 35.5. The first-order valence-corrected chi connectivity index (χ1v) is 10.3. The van der Waals surface area contributed by atoms with Gasteiger partial charge in [-0.3, -0.25) is 14.6 Å². The molecular weight excluding hydrogens is 342 g/mol. The minimum Gasteiger partial charge on any atom is -0.355 e. The summed E-state index contributed by atoms with van der Waals surface area (Å²) in [5, 5.41) is 3.15. The van der Waals surface area contributed by atoms with Gasteiger partial charge in [0, 0.05) is 44.1 Å². The summed E-state index contributed by atoms with van der Waals surface area (Å²) < 4.78 is 0.860. The second-order valence-electron chi connectivity index (χ2n) is 7.07. The van der Waals surface area contributed by atoms with Crippen molar-refractivity contribution in [2.24, 2.45) is 5.92 Å². The van der Waals surface area contributed by atoms with Crippen molar-refractivity contribution in [3.63, 3.8) is 0 Å². The minimum atomic E-state index is 0.194. The molecule has 1 N–H and O–H groups in total. The van der Waals surface area contributed by atoms with E-state index < -0.39 is 0 Å². The number of halogens is 1. The molecule has 1 aromatic heterocycles. The van der Waals surface area contributed by atoms with Crippen LogP contribution in [0.15, 0.2) is 12.1 Å². The first kappa shape index (κ1) is 18.2. The number of hydrogen-bond acceptors (Lipinski definition) is 4. The van der Waals surface area contributed by atoms with Gasteiger partial charge in [0.05, 0.1) is 10.9 Å². The number of carbonyl (C=O) groups is 1. The predicted octanol–water partition coefficient (Wildman–Crippen LogP) is 3.22. The van der Waals surface area contributed by atoms with E-state index in [2.05, 4.69) is 21.2 Å². The zero-order valence-electron chi connectivity index (χ0n) is 14.3. The molecule has 134 valence electrons. The number of amides is 1. The van der Waals surface area contributed by atoms with E-state index in [0.29, 0.717) is 12.5 Å². The number of piperazine rings is 1. The first-order valence-electron chi connectivity index (χ1n) is 9.14. The predicted molar refractivity (Wildman–Crippen MR) is 101 cm³/mol. The van der Waals surface area contributed by atoms with Crippen molar-refractivity contribution in [2.75, 3.05) is 39.3 Å². The number of carbonyl (C=O) groups excluding carboxylic acids is 1. The Morgan fingerprint density at radius 3 is 2.50 bits per heavy atom. The number of hydrogen-bond donors (Lipinski definition) is 1. The molecule has 1 aromatic rings. The van der Waals surface area contributed by atoms with Crippen LogP contribution in [0.1, 0.15) is 37.0 Å². The molecule has 24 heavy (non-hydrogen) atoms. The zero-order chi connectivity index (χ0) is 16.8. The Labute approximate surface area is 154 Å². The van der Waals surface area contributed by atoms with Crippen molar-refractivity contribution >= 4 is 28.8 Å². The lowest BCUT2D eigenvalue weighted by Gasteiger charge is -2.34. The molecule has 6 heteroatoms. The van der Waals surface area contributed by atoms with Crippen molar-refractivity contribution in [2.45, 2.75) is 38.6 Å². The molecule has 0 atom stereocenters. The van der Waals surface area contributed by atoms with Crippen molar-refractivity contribution in [3.05, 3.63) is 21.3 Å². The van der Waals surface area contributed by atoms with Crippen LogP contribution in [0, 0.1) is 5.92 Å². The van der Waals surface area contributed by atoms with Crippen LogP contribution in [0.25, 0.3) is 0 Å². The SMILES string of the molecule is O=C(CN1CCN(Cc2ccc(Cl)s2)CC1)NCC1CCCCC1. The van der Waals surface area contributed by atoms with Gasteiger partial charge < -0.3 is 5.32 Å². The highest BCUT2D eigenvalue weighted by molar-refractivity contribution is 7.16. The van der Waals surface area contributed by atoms with E-state index in [1.54, 1.807) is 11.3 Å². The highest BCUT2D eigenvalue weighted by Gasteiger charge is 2.20. The molecule has 0 radical (unpaired) electrons. The van der Waals surface area contributed by atoms with Gasteiger partial charge in [0.25, 0.3) is 0 Å². The van der Waals surface area contributed by atoms with Gasteiger partial charge in [0.1, 0.15) is 0 Å². The van der Waals surface area contributed by atoms with Crippen molar-refractivity contribution in [1.82, 2.24) is 15.1 Å². The summed E-state index contributed by atoms with van der Waals surface area (Å²) in [4.78, 5) is 18.2. The summed E-state index contributed by atoms with van der Waals surface area (Å²) in [6, 6.07) is 4.08. The molecule has 1 saturated carbocycles. The Morgan fingerprint density at radius 2 is 1.83 bits per heavy atom. The summed E-state index contributed by atoms with van der Waals surface area (Å²) in [5.74, 6) is 0.899. The van der Waals surface area contributed by atoms with Gasteiger partial charge in [-0.25, -0.2) is 0 Å². The third kappa shape index (κ3) is 5.73. The van der Waals surface area contributed by atoms with Crippen molar-refractivity contribution in [3.8, 4) is 0 Å². The second-order valence-corrected chi connectivity index (χ2v) is 8.87. The second kappa shape index (κ2) is 9.18. The van der Waals surface area contributed by atoms with E-state index in [4.69, 9.17) is 11.6 Å². The smallest absolute Gasteiger partial charge is 0.234 e. The maximum Gasteiger partial charge on any atom is 0.234 e. The Bertz CT molecular complexity index is 522. The molecule has 2 aliphatic rings. The van der Waals surface area contributed by atoms with Gasteiger partial charge in [0.15, 0.2) is 0 Å². The van der Waals surface area contributed by atoms with Crippen LogP contribution in [0.3, 0.4) is 0 Å². The molecule has 0 aromatic carbocycles. The van der Waals surface area contributed by atoms with E-state index in [9.17, 15) is 4.79 Å². The standard InChI is InChI=1S/C18H28ClN3OS/c19-17-7-6-16(24-17)13-21-8-10-22(11-9-21)14-18(23)20-12-15-4-2-1-3-5-15/h6-7,15H,1-5,8-14H2,(H,20,23). The Hall–Kier alpha value is -0.620. The monoisotopic (exact) mass is 369 g/mol.